The number of hydrogen-bond donors (Lipinski definition) is 1. The zero-order valence-corrected chi connectivity index (χ0v) is 11.6. The first-order valence-electron chi connectivity index (χ1n) is 6.11. The highest BCUT2D eigenvalue weighted by molar-refractivity contribution is 5.88. The van der Waals surface area contributed by atoms with Gasteiger partial charge in [-0.2, -0.15) is 0 Å². The van der Waals surface area contributed by atoms with E-state index in [1.165, 1.54) is 0 Å². The van der Waals surface area contributed by atoms with E-state index in [-0.39, 0.29) is 5.56 Å². The first-order valence-corrected chi connectivity index (χ1v) is 6.11. The smallest absolute Gasteiger partial charge is 0.339 e. The fourth-order valence-corrected chi connectivity index (χ4v) is 1.77. The normalized spacial score (nSPS) is 11.2. The molecule has 108 valence electrons. The predicted molar refractivity (Wildman–Crippen MR) is 69.4 cm³/mol. The molecule has 0 aliphatic rings. The van der Waals surface area contributed by atoms with Crippen molar-refractivity contribution in [2.75, 3.05) is 40.5 Å². The highest BCUT2D eigenvalue weighted by Crippen LogP contribution is 2.16. The Morgan fingerprint density at radius 3 is 2.32 bits per heavy atom. The minimum Gasteiger partial charge on any atom is -0.478 e. The van der Waals surface area contributed by atoms with Crippen molar-refractivity contribution in [3.8, 4) is 0 Å². The Hall–Kier alpha value is -1.37. The Kier molecular flexibility index (Phi) is 6.55. The van der Waals surface area contributed by atoms with Gasteiger partial charge in [0, 0.05) is 27.3 Å². The van der Waals surface area contributed by atoms with E-state index in [1.54, 1.807) is 27.2 Å². The van der Waals surface area contributed by atoms with Gasteiger partial charge in [0.05, 0.1) is 19.8 Å². The van der Waals surface area contributed by atoms with Gasteiger partial charge in [-0.15, -0.1) is 0 Å². The molecule has 0 unspecified atom stereocenters. The van der Waals surface area contributed by atoms with Crippen LogP contribution in [0.5, 0.6) is 0 Å². The third kappa shape index (κ3) is 5.02. The Bertz CT molecular complexity index is 394. The zero-order chi connectivity index (χ0) is 14.3. The number of carboxylic acids is 1. The average Bonchev–Trinajstić information content (AvgIpc) is 2.73. The lowest BCUT2D eigenvalue weighted by Gasteiger charge is -2.20. The Morgan fingerprint density at radius 1 is 1.32 bits per heavy atom. The van der Waals surface area contributed by atoms with Gasteiger partial charge in [-0.25, -0.2) is 4.79 Å². The van der Waals surface area contributed by atoms with Crippen LogP contribution in [-0.4, -0.2) is 56.5 Å². The molecule has 0 aliphatic carbocycles. The van der Waals surface area contributed by atoms with Crippen molar-refractivity contribution < 1.29 is 23.8 Å². The van der Waals surface area contributed by atoms with Crippen LogP contribution in [0.2, 0.25) is 0 Å². The van der Waals surface area contributed by atoms with E-state index in [2.05, 4.69) is 4.90 Å². The zero-order valence-electron chi connectivity index (χ0n) is 11.6. The lowest BCUT2D eigenvalue weighted by molar-refractivity contribution is 0.0695. The van der Waals surface area contributed by atoms with E-state index in [1.807, 2.05) is 0 Å². The molecule has 0 saturated heterocycles. The van der Waals surface area contributed by atoms with Gasteiger partial charge in [0.2, 0.25) is 0 Å². The molecule has 1 aromatic rings. The predicted octanol–water partition coefficient (Wildman–Crippen LogP) is 1.38. The SMILES string of the molecule is COCCN(CCOC)Cc1cc(C(=O)O)c(C)o1. The summed E-state index contributed by atoms with van der Waals surface area (Å²) in [6, 6.07) is 1.57. The number of carbonyl (C=O) groups is 1. The summed E-state index contributed by atoms with van der Waals surface area (Å²) in [5.74, 6) is 0.107. The van der Waals surface area contributed by atoms with Gasteiger partial charge in [-0.1, -0.05) is 0 Å². The summed E-state index contributed by atoms with van der Waals surface area (Å²) < 4.78 is 15.6. The van der Waals surface area contributed by atoms with Gasteiger partial charge < -0.3 is 19.0 Å². The number of aryl methyl sites for hydroxylation is 1. The fraction of sp³-hybridized carbons (Fsp3) is 0.615. The van der Waals surface area contributed by atoms with E-state index in [0.29, 0.717) is 31.3 Å². The van der Waals surface area contributed by atoms with Crippen LogP contribution in [0.15, 0.2) is 10.5 Å². The van der Waals surface area contributed by atoms with Gasteiger partial charge in [0.1, 0.15) is 17.1 Å². The number of ether oxygens (including phenoxy) is 2. The molecule has 19 heavy (non-hydrogen) atoms. The maximum Gasteiger partial charge on any atom is 0.339 e. The van der Waals surface area contributed by atoms with Crippen molar-refractivity contribution in [1.29, 1.82) is 0 Å². The van der Waals surface area contributed by atoms with Gasteiger partial charge >= 0.3 is 5.97 Å². The van der Waals surface area contributed by atoms with Crippen LogP contribution in [0.3, 0.4) is 0 Å². The highest BCUT2D eigenvalue weighted by atomic mass is 16.5. The van der Waals surface area contributed by atoms with Gasteiger partial charge in [-0.05, 0) is 13.0 Å². The van der Waals surface area contributed by atoms with Gasteiger partial charge in [-0.3, -0.25) is 4.90 Å². The number of aromatic carboxylic acids is 1. The summed E-state index contributed by atoms with van der Waals surface area (Å²) in [6.45, 7) is 4.89. The molecule has 0 radical (unpaired) electrons. The Labute approximate surface area is 112 Å². The molecule has 0 saturated carbocycles. The van der Waals surface area contributed by atoms with E-state index >= 15 is 0 Å². The molecule has 0 bridgehead atoms. The number of nitrogens with zero attached hydrogens (tertiary/aromatic N) is 1. The van der Waals surface area contributed by atoms with Crippen molar-refractivity contribution in [2.24, 2.45) is 0 Å². The molecule has 0 aromatic carbocycles. The molecule has 1 N–H and O–H groups in total. The monoisotopic (exact) mass is 271 g/mol. The van der Waals surface area contributed by atoms with Crippen LogP contribution in [-0.2, 0) is 16.0 Å². The van der Waals surface area contributed by atoms with Gasteiger partial charge in [0.15, 0.2) is 0 Å². The minimum absolute atomic E-state index is 0.216. The van der Waals surface area contributed by atoms with Crippen molar-refractivity contribution in [1.82, 2.24) is 4.90 Å². The first-order chi connectivity index (χ1) is 9.08. The molecule has 1 rings (SSSR count). The molecule has 1 heterocycles. The maximum absolute atomic E-state index is 11.0. The van der Waals surface area contributed by atoms with E-state index < -0.39 is 5.97 Å². The van der Waals surface area contributed by atoms with Crippen LogP contribution >= 0.6 is 0 Å². The molecule has 0 fully saturated rings. The van der Waals surface area contributed by atoms with Crippen LogP contribution in [0.25, 0.3) is 0 Å². The molecule has 6 nitrogen and oxygen atoms in total. The molecular weight excluding hydrogens is 250 g/mol. The molecular formula is C13H21NO5. The lowest BCUT2D eigenvalue weighted by Crippen LogP contribution is -2.30. The van der Waals surface area contributed by atoms with E-state index in [9.17, 15) is 4.79 Å². The van der Waals surface area contributed by atoms with Crippen LogP contribution in [0.1, 0.15) is 21.9 Å². The van der Waals surface area contributed by atoms with Crippen molar-refractivity contribution in [2.45, 2.75) is 13.5 Å². The molecule has 6 heteroatoms. The first kappa shape index (κ1) is 15.7. The fourth-order valence-electron chi connectivity index (χ4n) is 1.77. The molecule has 0 amide bonds. The van der Waals surface area contributed by atoms with Crippen molar-refractivity contribution in [3.05, 3.63) is 23.2 Å². The summed E-state index contributed by atoms with van der Waals surface area (Å²) in [4.78, 5) is 13.0. The maximum atomic E-state index is 11.0. The highest BCUT2D eigenvalue weighted by Gasteiger charge is 2.15. The summed E-state index contributed by atoms with van der Waals surface area (Å²) in [5.41, 5.74) is 0.216. The second-order valence-corrected chi connectivity index (χ2v) is 4.25. The summed E-state index contributed by atoms with van der Waals surface area (Å²) in [7, 11) is 3.29. The van der Waals surface area contributed by atoms with E-state index in [0.717, 1.165) is 13.1 Å². The van der Waals surface area contributed by atoms with Crippen LogP contribution in [0, 0.1) is 6.92 Å². The molecule has 0 atom stereocenters. The number of methoxy groups -OCH3 is 2. The third-order valence-electron chi connectivity index (χ3n) is 2.80. The Morgan fingerprint density at radius 2 is 1.89 bits per heavy atom. The van der Waals surface area contributed by atoms with Crippen molar-refractivity contribution >= 4 is 5.97 Å². The molecule has 0 aliphatic heterocycles. The number of hydrogen-bond acceptors (Lipinski definition) is 5. The minimum atomic E-state index is -0.965. The standard InChI is InChI=1S/C13H21NO5/c1-10-12(13(15)16)8-11(19-10)9-14(4-6-17-2)5-7-18-3/h8H,4-7,9H2,1-3H3,(H,15,16). The topological polar surface area (TPSA) is 72.1 Å². The number of rotatable bonds is 9. The average molecular weight is 271 g/mol. The second kappa shape index (κ2) is 7.93. The summed E-state index contributed by atoms with van der Waals surface area (Å²) >= 11 is 0. The largest absolute Gasteiger partial charge is 0.478 e. The number of carboxylic acid groups (broad SMARTS) is 1. The van der Waals surface area contributed by atoms with E-state index in [4.69, 9.17) is 19.0 Å². The van der Waals surface area contributed by atoms with Crippen molar-refractivity contribution in [3.63, 3.8) is 0 Å². The quantitative estimate of drug-likeness (QED) is 0.731. The molecule has 0 spiro atoms. The lowest BCUT2D eigenvalue weighted by atomic mass is 10.2. The third-order valence-corrected chi connectivity index (χ3v) is 2.80. The summed E-state index contributed by atoms with van der Waals surface area (Å²) in [5, 5.41) is 8.98. The number of furan rings is 1. The van der Waals surface area contributed by atoms with Crippen LogP contribution < -0.4 is 0 Å². The van der Waals surface area contributed by atoms with Crippen LogP contribution in [0.4, 0.5) is 0 Å². The molecule has 1 aromatic heterocycles. The second-order valence-electron chi connectivity index (χ2n) is 4.25. The summed E-state index contributed by atoms with van der Waals surface area (Å²) in [6.07, 6.45) is 0. The Balaban J connectivity index is 2.66. The van der Waals surface area contributed by atoms with Gasteiger partial charge in [0.25, 0.3) is 0 Å².